The molecule has 1 aromatic rings. The van der Waals surface area contributed by atoms with Crippen molar-refractivity contribution in [3.63, 3.8) is 0 Å². The lowest BCUT2D eigenvalue weighted by Crippen LogP contribution is -2.50. The van der Waals surface area contributed by atoms with Crippen LogP contribution in [0.3, 0.4) is 0 Å². The minimum absolute atomic E-state index is 0. The molecule has 9 heteroatoms. The Labute approximate surface area is 216 Å². The second kappa shape index (κ2) is 16.7. The number of guanidine groups is 1. The predicted octanol–water partition coefficient (Wildman–Crippen LogP) is 2.68. The average Bonchev–Trinajstić information content (AvgIpc) is 2.80. The number of hydrogen-bond acceptors (Lipinski definition) is 4. The standard InChI is InChI=1S/C24H40N6O2.HI/c1-20(2)19-23(32)30-17-15-29(16-18-30)22(31)10-5-4-7-13-27-24(25-3)28-14-11-21-9-6-8-12-26-21;/h6,8-9,12,20H,4-5,7,10-11,13-19H2,1-3H3,(H2,25,27,28);1H. The summed E-state index contributed by atoms with van der Waals surface area (Å²) in [6, 6.07) is 5.93. The zero-order valence-electron chi connectivity index (χ0n) is 20.4. The smallest absolute Gasteiger partial charge is 0.222 e. The van der Waals surface area contributed by atoms with Crippen LogP contribution in [-0.4, -0.2) is 78.9 Å². The van der Waals surface area contributed by atoms with Crippen molar-refractivity contribution in [3.8, 4) is 0 Å². The molecule has 0 unspecified atom stereocenters. The summed E-state index contributed by atoms with van der Waals surface area (Å²) in [4.78, 5) is 37.0. The number of amides is 2. The Morgan fingerprint density at radius 1 is 1.00 bits per heavy atom. The Morgan fingerprint density at radius 3 is 2.27 bits per heavy atom. The van der Waals surface area contributed by atoms with Gasteiger partial charge in [0.25, 0.3) is 0 Å². The summed E-state index contributed by atoms with van der Waals surface area (Å²) >= 11 is 0. The highest BCUT2D eigenvalue weighted by Gasteiger charge is 2.23. The Kier molecular flexibility index (Phi) is 14.7. The molecule has 0 atom stereocenters. The van der Waals surface area contributed by atoms with Crippen LogP contribution in [0.4, 0.5) is 0 Å². The summed E-state index contributed by atoms with van der Waals surface area (Å²) in [5, 5.41) is 6.62. The molecular formula is C24H41IN6O2. The van der Waals surface area contributed by atoms with E-state index in [1.807, 2.05) is 34.2 Å². The number of carbonyl (C=O) groups is 2. The number of aromatic nitrogens is 1. The van der Waals surface area contributed by atoms with Crippen molar-refractivity contribution in [3.05, 3.63) is 30.1 Å². The van der Waals surface area contributed by atoms with Crippen molar-refractivity contribution in [1.29, 1.82) is 0 Å². The molecule has 2 heterocycles. The number of carbonyl (C=O) groups excluding carboxylic acids is 2. The number of unbranched alkanes of at least 4 members (excludes halogenated alkanes) is 2. The average molecular weight is 573 g/mol. The maximum absolute atomic E-state index is 12.4. The number of nitrogens with one attached hydrogen (secondary N) is 2. The molecule has 1 aliphatic heterocycles. The minimum Gasteiger partial charge on any atom is -0.356 e. The molecule has 0 radical (unpaired) electrons. The van der Waals surface area contributed by atoms with Crippen LogP contribution < -0.4 is 10.6 Å². The molecule has 2 N–H and O–H groups in total. The fourth-order valence-corrected chi connectivity index (χ4v) is 3.70. The van der Waals surface area contributed by atoms with Gasteiger partial charge in [-0.15, -0.1) is 24.0 Å². The first-order valence-corrected chi connectivity index (χ1v) is 11.9. The van der Waals surface area contributed by atoms with Crippen molar-refractivity contribution < 1.29 is 9.59 Å². The van der Waals surface area contributed by atoms with E-state index in [1.165, 1.54) is 0 Å². The van der Waals surface area contributed by atoms with Crippen LogP contribution in [0.25, 0.3) is 0 Å². The fourth-order valence-electron chi connectivity index (χ4n) is 3.70. The maximum Gasteiger partial charge on any atom is 0.222 e. The van der Waals surface area contributed by atoms with Crippen LogP contribution in [-0.2, 0) is 16.0 Å². The lowest BCUT2D eigenvalue weighted by molar-refractivity contribution is -0.140. The molecule has 8 nitrogen and oxygen atoms in total. The van der Waals surface area contributed by atoms with Crippen LogP contribution >= 0.6 is 24.0 Å². The van der Waals surface area contributed by atoms with Crippen molar-refractivity contribution >= 4 is 41.8 Å². The van der Waals surface area contributed by atoms with Gasteiger partial charge in [-0.1, -0.05) is 26.3 Å². The van der Waals surface area contributed by atoms with Crippen molar-refractivity contribution in [1.82, 2.24) is 25.4 Å². The van der Waals surface area contributed by atoms with E-state index in [2.05, 4.69) is 34.5 Å². The molecule has 1 fully saturated rings. The first kappa shape index (κ1) is 29.1. The molecule has 2 rings (SSSR count). The van der Waals surface area contributed by atoms with Gasteiger partial charge in [0, 0.05) is 77.5 Å². The van der Waals surface area contributed by atoms with Gasteiger partial charge in [0.05, 0.1) is 0 Å². The normalized spacial score (nSPS) is 14.1. The van der Waals surface area contributed by atoms with Gasteiger partial charge in [0.2, 0.25) is 11.8 Å². The number of piperazine rings is 1. The molecule has 0 spiro atoms. The summed E-state index contributed by atoms with van der Waals surface area (Å²) in [6.07, 6.45) is 6.70. The molecule has 33 heavy (non-hydrogen) atoms. The second-order valence-corrected chi connectivity index (χ2v) is 8.67. The van der Waals surface area contributed by atoms with Crippen molar-refractivity contribution in [2.24, 2.45) is 10.9 Å². The summed E-state index contributed by atoms with van der Waals surface area (Å²) in [5.41, 5.74) is 1.06. The Morgan fingerprint density at radius 2 is 1.67 bits per heavy atom. The van der Waals surface area contributed by atoms with E-state index in [-0.39, 0.29) is 35.8 Å². The highest BCUT2D eigenvalue weighted by atomic mass is 127. The van der Waals surface area contributed by atoms with Crippen LogP contribution in [0.15, 0.2) is 29.4 Å². The van der Waals surface area contributed by atoms with E-state index in [0.29, 0.717) is 44.9 Å². The predicted molar refractivity (Wildman–Crippen MR) is 144 cm³/mol. The van der Waals surface area contributed by atoms with Crippen LogP contribution in [0, 0.1) is 5.92 Å². The third-order valence-electron chi connectivity index (χ3n) is 5.55. The van der Waals surface area contributed by atoms with Gasteiger partial charge in [-0.05, 0) is 30.9 Å². The van der Waals surface area contributed by atoms with Gasteiger partial charge >= 0.3 is 0 Å². The third-order valence-corrected chi connectivity index (χ3v) is 5.55. The molecule has 0 saturated carbocycles. The van der Waals surface area contributed by atoms with Crippen molar-refractivity contribution in [2.45, 2.75) is 52.4 Å². The number of rotatable bonds is 11. The van der Waals surface area contributed by atoms with Gasteiger partial charge in [-0.3, -0.25) is 19.6 Å². The van der Waals surface area contributed by atoms with Gasteiger partial charge in [-0.25, -0.2) is 0 Å². The number of aliphatic imine (C=N–C) groups is 1. The van der Waals surface area contributed by atoms with E-state index in [9.17, 15) is 9.59 Å². The maximum atomic E-state index is 12.4. The van der Waals surface area contributed by atoms with Gasteiger partial charge in [0.15, 0.2) is 5.96 Å². The zero-order valence-corrected chi connectivity index (χ0v) is 22.7. The molecule has 1 aliphatic rings. The van der Waals surface area contributed by atoms with Gasteiger partial charge < -0.3 is 20.4 Å². The van der Waals surface area contributed by atoms with E-state index < -0.39 is 0 Å². The lowest BCUT2D eigenvalue weighted by atomic mass is 10.1. The number of pyridine rings is 1. The first-order valence-electron chi connectivity index (χ1n) is 11.9. The molecule has 2 amide bonds. The van der Waals surface area contributed by atoms with E-state index in [1.54, 1.807) is 7.05 Å². The molecule has 0 bridgehead atoms. The van der Waals surface area contributed by atoms with Crippen LogP contribution in [0.2, 0.25) is 0 Å². The fraction of sp³-hybridized carbons (Fsp3) is 0.667. The minimum atomic E-state index is 0. The lowest BCUT2D eigenvalue weighted by Gasteiger charge is -2.35. The number of nitrogens with zero attached hydrogens (tertiary/aromatic N) is 4. The quantitative estimate of drug-likeness (QED) is 0.184. The Hall–Kier alpha value is -1.91. The van der Waals surface area contributed by atoms with E-state index in [4.69, 9.17) is 0 Å². The van der Waals surface area contributed by atoms with E-state index >= 15 is 0 Å². The first-order chi connectivity index (χ1) is 15.5. The molecule has 0 aromatic carbocycles. The highest BCUT2D eigenvalue weighted by molar-refractivity contribution is 14.0. The van der Waals surface area contributed by atoms with Crippen molar-refractivity contribution in [2.75, 3.05) is 46.3 Å². The van der Waals surface area contributed by atoms with Crippen LogP contribution in [0.5, 0.6) is 0 Å². The van der Waals surface area contributed by atoms with Crippen LogP contribution in [0.1, 0.15) is 51.6 Å². The summed E-state index contributed by atoms with van der Waals surface area (Å²) in [6.45, 7) is 8.36. The molecular weight excluding hydrogens is 531 g/mol. The third kappa shape index (κ3) is 11.7. The highest BCUT2D eigenvalue weighted by Crippen LogP contribution is 2.10. The summed E-state index contributed by atoms with van der Waals surface area (Å²) < 4.78 is 0. The molecule has 186 valence electrons. The van der Waals surface area contributed by atoms with Gasteiger partial charge in [0.1, 0.15) is 0 Å². The number of hydrogen-bond donors (Lipinski definition) is 2. The summed E-state index contributed by atoms with van der Waals surface area (Å²) in [5.74, 6) is 1.59. The molecule has 1 aromatic heterocycles. The van der Waals surface area contributed by atoms with E-state index in [0.717, 1.165) is 50.4 Å². The monoisotopic (exact) mass is 572 g/mol. The SMILES string of the molecule is CN=C(NCCCCCC(=O)N1CCN(C(=O)CC(C)C)CC1)NCCc1ccccn1.I. The summed E-state index contributed by atoms with van der Waals surface area (Å²) in [7, 11) is 1.77. The Balaban J connectivity index is 0.00000544. The zero-order chi connectivity index (χ0) is 23.2. The Bertz CT molecular complexity index is 721. The van der Waals surface area contributed by atoms with Gasteiger partial charge in [-0.2, -0.15) is 0 Å². The topological polar surface area (TPSA) is 89.9 Å². The number of halogens is 1. The molecule has 0 aliphatic carbocycles. The molecule has 1 saturated heterocycles. The second-order valence-electron chi connectivity index (χ2n) is 8.67. The largest absolute Gasteiger partial charge is 0.356 e.